The Bertz CT molecular complexity index is 1320. The van der Waals surface area contributed by atoms with Gasteiger partial charge in [-0.2, -0.15) is 4.31 Å². The van der Waals surface area contributed by atoms with Gasteiger partial charge in [0, 0.05) is 37.2 Å². The number of nitrogens with one attached hydrogen (secondary N) is 1. The number of aliphatic hydroxyl groups is 1. The number of hydrogen-bond acceptors (Lipinski definition) is 8. The van der Waals surface area contributed by atoms with Gasteiger partial charge < -0.3 is 29.7 Å². The van der Waals surface area contributed by atoms with Crippen LogP contribution in [-0.2, 0) is 26.0 Å². The van der Waals surface area contributed by atoms with Gasteiger partial charge >= 0.3 is 0 Å². The fourth-order valence-electron chi connectivity index (χ4n) is 4.78. The molecule has 1 aliphatic rings. The summed E-state index contributed by atoms with van der Waals surface area (Å²) in [7, 11) is 3.07. The van der Waals surface area contributed by atoms with Crippen LogP contribution in [0.4, 0.5) is 5.69 Å². The van der Waals surface area contributed by atoms with Crippen LogP contribution in [0.2, 0.25) is 0 Å². The number of sulfonamides is 1. The van der Waals surface area contributed by atoms with E-state index in [0.717, 1.165) is 6.54 Å². The van der Waals surface area contributed by atoms with E-state index in [1.54, 1.807) is 42.2 Å². The zero-order chi connectivity index (χ0) is 31.0. The molecule has 0 aromatic heterocycles. The van der Waals surface area contributed by atoms with E-state index in [1.165, 1.54) is 30.6 Å². The van der Waals surface area contributed by atoms with Crippen LogP contribution < -0.4 is 14.8 Å². The predicted molar refractivity (Wildman–Crippen MR) is 161 cm³/mol. The van der Waals surface area contributed by atoms with Gasteiger partial charge in [0.25, 0.3) is 0 Å². The molecule has 0 fully saturated rings. The number of carbonyl (C=O) groups excluding carboxylic acids is 2. The molecule has 0 saturated heterocycles. The molecule has 42 heavy (non-hydrogen) atoms. The minimum atomic E-state index is -3.85. The molecule has 0 bridgehead atoms. The van der Waals surface area contributed by atoms with Crippen LogP contribution in [0.3, 0.4) is 0 Å². The zero-order valence-corrected chi connectivity index (χ0v) is 26.2. The smallest absolute Gasteiger partial charge is 0.242 e. The van der Waals surface area contributed by atoms with Gasteiger partial charge in [-0.25, -0.2) is 8.42 Å². The molecule has 2 aromatic carbocycles. The second kappa shape index (κ2) is 14.8. The third kappa shape index (κ3) is 8.66. The summed E-state index contributed by atoms with van der Waals surface area (Å²) >= 11 is 0. The quantitative estimate of drug-likeness (QED) is 0.378. The highest BCUT2D eigenvalue weighted by molar-refractivity contribution is 7.89. The van der Waals surface area contributed by atoms with Crippen LogP contribution in [0.15, 0.2) is 47.4 Å². The Kier molecular flexibility index (Phi) is 11.7. The topological polar surface area (TPSA) is 129 Å². The van der Waals surface area contributed by atoms with E-state index in [-0.39, 0.29) is 48.7 Å². The van der Waals surface area contributed by atoms with Crippen molar-refractivity contribution >= 4 is 27.5 Å². The highest BCUT2D eigenvalue weighted by Gasteiger charge is 2.33. The van der Waals surface area contributed by atoms with E-state index in [1.807, 2.05) is 25.9 Å². The summed E-state index contributed by atoms with van der Waals surface area (Å²) in [6.07, 6.45) is 0.462. The minimum absolute atomic E-state index is 0.00341. The Balaban J connectivity index is 1.89. The van der Waals surface area contributed by atoms with Gasteiger partial charge in [0.15, 0.2) is 0 Å². The number of anilines is 1. The molecule has 232 valence electrons. The van der Waals surface area contributed by atoms with E-state index < -0.39 is 22.2 Å². The number of amides is 2. The molecule has 1 heterocycles. The summed E-state index contributed by atoms with van der Waals surface area (Å²) in [5.74, 6) is 0.397. The molecular weight excluding hydrogens is 560 g/mol. The summed E-state index contributed by atoms with van der Waals surface area (Å²) in [5.41, 5.74) is 1.12. The molecule has 2 amide bonds. The molecule has 11 nitrogen and oxygen atoms in total. The Morgan fingerprint density at radius 2 is 1.88 bits per heavy atom. The molecule has 1 aliphatic heterocycles. The van der Waals surface area contributed by atoms with Crippen LogP contribution in [0.1, 0.15) is 32.3 Å². The lowest BCUT2D eigenvalue weighted by Crippen LogP contribution is -2.48. The lowest BCUT2D eigenvalue weighted by Gasteiger charge is -2.33. The molecule has 0 unspecified atom stereocenters. The molecule has 0 saturated carbocycles. The fourth-order valence-corrected chi connectivity index (χ4v) is 5.97. The van der Waals surface area contributed by atoms with Gasteiger partial charge in [-0.1, -0.05) is 6.92 Å². The average molecular weight is 605 g/mol. The number of fused-ring (bicyclic) bond motifs is 1. The first-order chi connectivity index (χ1) is 19.8. The van der Waals surface area contributed by atoms with Crippen LogP contribution >= 0.6 is 0 Å². The second-order valence-corrected chi connectivity index (χ2v) is 13.2. The fraction of sp³-hybridized carbons (Fsp3) is 0.533. The number of benzene rings is 2. The van der Waals surface area contributed by atoms with Crippen LogP contribution in [0.25, 0.3) is 0 Å². The Morgan fingerprint density at radius 1 is 1.19 bits per heavy atom. The van der Waals surface area contributed by atoms with Gasteiger partial charge in [0.05, 0.1) is 37.6 Å². The number of nitrogens with zero attached hydrogens (tertiary/aromatic N) is 3. The molecule has 0 radical (unpaired) electrons. The van der Waals surface area contributed by atoms with Crippen molar-refractivity contribution in [1.29, 1.82) is 0 Å². The molecule has 2 N–H and O–H groups in total. The van der Waals surface area contributed by atoms with Gasteiger partial charge in [-0.05, 0) is 76.4 Å². The van der Waals surface area contributed by atoms with E-state index in [9.17, 15) is 23.1 Å². The van der Waals surface area contributed by atoms with E-state index >= 15 is 0 Å². The van der Waals surface area contributed by atoms with Crippen molar-refractivity contribution in [2.45, 2.75) is 50.2 Å². The summed E-state index contributed by atoms with van der Waals surface area (Å²) in [4.78, 5) is 29.7. The van der Waals surface area contributed by atoms with Crippen molar-refractivity contribution < 1.29 is 32.6 Å². The number of carbonyl (C=O) groups is 2. The highest BCUT2D eigenvalue weighted by Crippen LogP contribution is 2.30. The standard InChI is InChI=1S/C30H44N4O7S/c1-21-18-34(22(2)20-35)30(37)17-23-16-24(31-29(36)8-7-15-32(3)4)9-14-27(23)41-28(21)19-33(5)42(38,39)26-12-10-25(40-6)11-13-26/h9-14,16,21-22,28,35H,7-8,15,17-20H2,1-6H3,(H,31,36)/t21-,22+,28-/m0/s1. The summed E-state index contributed by atoms with van der Waals surface area (Å²) in [6, 6.07) is 10.9. The first-order valence-electron chi connectivity index (χ1n) is 14.1. The molecule has 2 aromatic rings. The van der Waals surface area contributed by atoms with E-state index in [0.29, 0.717) is 35.6 Å². The Hall–Kier alpha value is -3.19. The molecule has 0 spiro atoms. The maximum absolute atomic E-state index is 13.4. The molecule has 3 rings (SSSR count). The van der Waals surface area contributed by atoms with Crippen LogP contribution in [0.5, 0.6) is 11.5 Å². The van der Waals surface area contributed by atoms with Gasteiger partial charge in [0.2, 0.25) is 21.8 Å². The van der Waals surface area contributed by atoms with Crippen molar-refractivity contribution in [3.05, 3.63) is 48.0 Å². The highest BCUT2D eigenvalue weighted by atomic mass is 32.2. The van der Waals surface area contributed by atoms with Crippen molar-refractivity contribution in [3.8, 4) is 11.5 Å². The minimum Gasteiger partial charge on any atom is -0.497 e. The largest absolute Gasteiger partial charge is 0.497 e. The predicted octanol–water partition coefficient (Wildman–Crippen LogP) is 2.45. The van der Waals surface area contributed by atoms with E-state index in [2.05, 4.69) is 5.32 Å². The molecule has 12 heteroatoms. The normalized spacial score (nSPS) is 18.5. The molecular formula is C30H44N4O7S. The average Bonchev–Trinajstić information content (AvgIpc) is 2.99. The van der Waals surface area contributed by atoms with Crippen LogP contribution in [0, 0.1) is 5.92 Å². The molecule has 0 aliphatic carbocycles. The van der Waals surface area contributed by atoms with Gasteiger partial charge in [0.1, 0.15) is 17.6 Å². The van der Waals surface area contributed by atoms with Crippen molar-refractivity contribution in [2.75, 3.05) is 59.8 Å². The Morgan fingerprint density at radius 3 is 2.50 bits per heavy atom. The zero-order valence-electron chi connectivity index (χ0n) is 25.4. The van der Waals surface area contributed by atoms with Gasteiger partial charge in [-0.3, -0.25) is 9.59 Å². The number of likely N-dealkylation sites (N-methyl/N-ethyl adjacent to an activating group) is 1. The SMILES string of the molecule is COc1ccc(S(=O)(=O)N(C)C[C@@H]2Oc3ccc(NC(=O)CCCN(C)C)cc3CC(=O)N([C@H](C)CO)C[C@@H]2C)cc1. The number of methoxy groups -OCH3 is 1. The molecule has 3 atom stereocenters. The summed E-state index contributed by atoms with van der Waals surface area (Å²) in [5, 5.41) is 12.8. The number of hydrogen-bond donors (Lipinski definition) is 2. The van der Waals surface area contributed by atoms with E-state index in [4.69, 9.17) is 9.47 Å². The second-order valence-electron chi connectivity index (χ2n) is 11.1. The first kappa shape index (κ1) is 33.3. The maximum atomic E-state index is 13.4. The third-order valence-corrected chi connectivity index (χ3v) is 9.25. The van der Waals surface area contributed by atoms with Gasteiger partial charge in [-0.15, -0.1) is 0 Å². The van der Waals surface area contributed by atoms with Crippen molar-refractivity contribution in [1.82, 2.24) is 14.1 Å². The summed E-state index contributed by atoms with van der Waals surface area (Å²) < 4.78 is 39.6. The summed E-state index contributed by atoms with van der Waals surface area (Å²) in [6.45, 7) is 4.53. The third-order valence-electron chi connectivity index (χ3n) is 7.41. The van der Waals surface area contributed by atoms with Crippen LogP contribution in [-0.4, -0.2) is 106 Å². The van der Waals surface area contributed by atoms with Crippen molar-refractivity contribution in [3.63, 3.8) is 0 Å². The first-order valence-corrected chi connectivity index (χ1v) is 15.5. The lowest BCUT2D eigenvalue weighted by molar-refractivity contribution is -0.134. The number of rotatable bonds is 12. The van der Waals surface area contributed by atoms with Crippen molar-refractivity contribution in [2.24, 2.45) is 5.92 Å². The number of ether oxygens (including phenoxy) is 2. The monoisotopic (exact) mass is 604 g/mol. The Labute approximate surface area is 249 Å². The lowest BCUT2D eigenvalue weighted by atomic mass is 10.0. The number of aliphatic hydroxyl groups excluding tert-OH is 1. The maximum Gasteiger partial charge on any atom is 0.242 e.